The minimum atomic E-state index is 0.162. The van der Waals surface area contributed by atoms with Gasteiger partial charge < -0.3 is 24.5 Å². The van der Waals surface area contributed by atoms with Crippen molar-refractivity contribution >= 4 is 17.0 Å². The monoisotopic (exact) mass is 645 g/mol. The lowest BCUT2D eigenvalue weighted by atomic mass is 10.1. The molecular weight excluding hydrogens is 576 g/mol. The SMILES string of the molecule is CC.CC.CC.CCC.C\C=C(/C=C(\N=C(/N)OCCN1CCOCC1)N(CCC)CCC)N/N=c1\ccoc2ccc(C)cc12. The molecule has 0 radical (unpaired) electrons. The number of benzene rings is 1. The maximum absolute atomic E-state index is 6.22. The Hall–Kier alpha value is -3.30. The zero-order chi connectivity index (χ0) is 35.2. The molecule has 0 atom stereocenters. The molecule has 9 nitrogen and oxygen atoms in total. The van der Waals surface area contributed by atoms with Crippen LogP contribution in [0.15, 0.2) is 68.7 Å². The first-order valence-corrected chi connectivity index (χ1v) is 17.6. The first-order chi connectivity index (χ1) is 22.4. The topological polar surface area (TPSA) is 101 Å². The molecule has 1 aliphatic rings. The molecule has 0 unspecified atom stereocenters. The third-order valence-corrected chi connectivity index (χ3v) is 6.03. The van der Waals surface area contributed by atoms with E-state index < -0.39 is 0 Å². The summed E-state index contributed by atoms with van der Waals surface area (Å²) in [7, 11) is 0. The molecule has 1 aromatic carbocycles. The Morgan fingerprint density at radius 1 is 1.00 bits per heavy atom. The lowest BCUT2D eigenvalue weighted by Gasteiger charge is -2.26. The highest BCUT2D eigenvalue weighted by Crippen LogP contribution is 2.13. The van der Waals surface area contributed by atoms with Gasteiger partial charge in [-0.05, 0) is 38.8 Å². The molecule has 1 aliphatic heterocycles. The highest BCUT2D eigenvalue weighted by Gasteiger charge is 2.12. The predicted molar refractivity (Wildman–Crippen MR) is 198 cm³/mol. The number of rotatable bonds is 12. The van der Waals surface area contributed by atoms with Gasteiger partial charge in [0.25, 0.3) is 6.02 Å². The fraction of sp³-hybridized carbons (Fsp3) is 0.622. The van der Waals surface area contributed by atoms with Crippen LogP contribution in [0.3, 0.4) is 0 Å². The predicted octanol–water partition coefficient (Wildman–Crippen LogP) is 8.17. The van der Waals surface area contributed by atoms with Crippen LogP contribution in [0.25, 0.3) is 11.0 Å². The van der Waals surface area contributed by atoms with E-state index in [4.69, 9.17) is 19.6 Å². The van der Waals surface area contributed by atoms with Crippen molar-refractivity contribution in [3.63, 3.8) is 0 Å². The number of fused-ring (bicyclic) bond motifs is 1. The first kappa shape index (κ1) is 44.8. The van der Waals surface area contributed by atoms with Gasteiger partial charge in [-0.15, -0.1) is 0 Å². The number of ether oxygens (including phenoxy) is 2. The summed E-state index contributed by atoms with van der Waals surface area (Å²) in [4.78, 5) is 9.21. The average molecular weight is 645 g/mol. The number of amidine groups is 1. The highest BCUT2D eigenvalue weighted by molar-refractivity contribution is 5.76. The second kappa shape index (κ2) is 30.4. The molecule has 3 N–H and O–H groups in total. The number of aryl methyl sites for hydroxylation is 1. The summed E-state index contributed by atoms with van der Waals surface area (Å²) in [5.41, 5.74) is 12.2. The number of aliphatic imine (C=N–C) groups is 1. The van der Waals surface area contributed by atoms with Crippen LogP contribution in [0.1, 0.15) is 101 Å². The Labute approximate surface area is 281 Å². The Morgan fingerprint density at radius 3 is 2.17 bits per heavy atom. The van der Waals surface area contributed by atoms with Crippen LogP contribution in [-0.2, 0) is 9.47 Å². The van der Waals surface area contributed by atoms with E-state index in [1.165, 1.54) is 6.42 Å². The number of hydrogen-bond donors (Lipinski definition) is 2. The smallest absolute Gasteiger partial charge is 0.288 e. The van der Waals surface area contributed by atoms with E-state index >= 15 is 0 Å². The standard InChI is InChI=1S/C28H42N6O3.C3H8.3C2H6/c1-5-11-34(12-6-2)27(30-28(29)37-19-15-33-13-17-35-18-14-33)21-23(7-3)31-32-25-10-16-36-26-9-8-22(4)20-24(25)26;1-3-2;3*1-2/h7-10,16,20-21,31H,5-6,11-15,17-19H2,1-4H3,(H2,29,30);3H2,1-2H3;3*1-2H3/b23-7+,27-21+,32-25+;;;;. The van der Waals surface area contributed by atoms with Crippen LogP contribution < -0.4 is 16.5 Å². The lowest BCUT2D eigenvalue weighted by molar-refractivity contribution is 0.0314. The van der Waals surface area contributed by atoms with Gasteiger partial charge in [-0.1, -0.05) is 93.4 Å². The van der Waals surface area contributed by atoms with Crippen molar-refractivity contribution in [1.82, 2.24) is 15.2 Å². The molecule has 264 valence electrons. The van der Waals surface area contributed by atoms with Crippen molar-refractivity contribution in [2.45, 2.75) is 102 Å². The molecule has 1 saturated heterocycles. The quantitative estimate of drug-likeness (QED) is 0.104. The fourth-order valence-corrected chi connectivity index (χ4v) is 4.07. The van der Waals surface area contributed by atoms with Gasteiger partial charge in [0.2, 0.25) is 0 Å². The lowest BCUT2D eigenvalue weighted by Crippen LogP contribution is -2.39. The van der Waals surface area contributed by atoms with E-state index in [-0.39, 0.29) is 6.02 Å². The van der Waals surface area contributed by atoms with Gasteiger partial charge in [-0.3, -0.25) is 10.3 Å². The molecule has 0 bridgehead atoms. The van der Waals surface area contributed by atoms with Gasteiger partial charge in [0, 0.05) is 50.3 Å². The van der Waals surface area contributed by atoms with Crippen LogP contribution >= 0.6 is 0 Å². The summed E-state index contributed by atoms with van der Waals surface area (Å²) >= 11 is 0. The molecule has 0 spiro atoms. The first-order valence-electron chi connectivity index (χ1n) is 17.6. The second-order valence-corrected chi connectivity index (χ2v) is 9.72. The van der Waals surface area contributed by atoms with Crippen LogP contribution in [0.2, 0.25) is 0 Å². The molecule has 9 heteroatoms. The maximum atomic E-state index is 6.22. The van der Waals surface area contributed by atoms with Gasteiger partial charge in [0.05, 0.1) is 30.5 Å². The van der Waals surface area contributed by atoms with Crippen molar-refractivity contribution < 1.29 is 13.9 Å². The van der Waals surface area contributed by atoms with E-state index in [1.807, 2.05) is 78.8 Å². The normalized spacial score (nSPS) is 13.9. The van der Waals surface area contributed by atoms with Crippen molar-refractivity contribution in [3.05, 3.63) is 65.1 Å². The third-order valence-electron chi connectivity index (χ3n) is 6.03. The Morgan fingerprint density at radius 2 is 1.61 bits per heavy atom. The highest BCUT2D eigenvalue weighted by atomic mass is 16.5. The van der Waals surface area contributed by atoms with Gasteiger partial charge >= 0.3 is 0 Å². The Balaban J connectivity index is 0. The van der Waals surface area contributed by atoms with Crippen molar-refractivity contribution in [2.24, 2.45) is 15.8 Å². The van der Waals surface area contributed by atoms with Crippen molar-refractivity contribution in [2.75, 3.05) is 52.5 Å². The minimum absolute atomic E-state index is 0.162. The van der Waals surface area contributed by atoms with E-state index in [9.17, 15) is 0 Å². The molecule has 0 saturated carbocycles. The molecule has 0 amide bonds. The summed E-state index contributed by atoms with van der Waals surface area (Å²) in [6.45, 7) is 30.9. The third kappa shape index (κ3) is 18.6. The summed E-state index contributed by atoms with van der Waals surface area (Å²) < 4.78 is 16.8. The number of nitrogens with two attached hydrogens (primary N) is 1. The largest absolute Gasteiger partial charge is 0.464 e. The van der Waals surface area contributed by atoms with E-state index in [2.05, 4.69) is 66.0 Å². The van der Waals surface area contributed by atoms with Crippen molar-refractivity contribution in [1.29, 1.82) is 0 Å². The van der Waals surface area contributed by atoms with Crippen LogP contribution in [0.4, 0.5) is 0 Å². The van der Waals surface area contributed by atoms with Gasteiger partial charge in [0.15, 0.2) is 0 Å². The van der Waals surface area contributed by atoms with Gasteiger partial charge in [-0.25, -0.2) is 0 Å². The van der Waals surface area contributed by atoms with Gasteiger partial charge in [0.1, 0.15) is 18.0 Å². The van der Waals surface area contributed by atoms with Crippen LogP contribution in [-0.4, -0.2) is 68.4 Å². The number of morpholine rings is 1. The zero-order valence-electron chi connectivity index (χ0n) is 31.4. The number of hydrogen-bond acceptors (Lipinski definition) is 8. The molecule has 1 aromatic heterocycles. The summed E-state index contributed by atoms with van der Waals surface area (Å²) in [6.07, 6.45) is 8.82. The molecule has 3 rings (SSSR count). The molecule has 1 fully saturated rings. The zero-order valence-corrected chi connectivity index (χ0v) is 31.4. The molecule has 0 aliphatic carbocycles. The molecule has 2 heterocycles. The molecule has 2 aromatic rings. The van der Waals surface area contributed by atoms with E-state index in [1.54, 1.807) is 6.26 Å². The Kier molecular flexibility index (Phi) is 29.6. The summed E-state index contributed by atoms with van der Waals surface area (Å²) in [6, 6.07) is 8.07. The van der Waals surface area contributed by atoms with E-state index in [0.717, 1.165) is 92.2 Å². The number of allylic oxidation sites excluding steroid dienone is 2. The molecule has 46 heavy (non-hydrogen) atoms. The molecular formula is C37H68N6O3. The van der Waals surface area contributed by atoms with Crippen LogP contribution in [0, 0.1) is 6.92 Å². The average Bonchev–Trinajstić information content (AvgIpc) is 3.09. The van der Waals surface area contributed by atoms with Gasteiger partial charge in [-0.2, -0.15) is 10.1 Å². The fourth-order valence-electron chi connectivity index (χ4n) is 4.07. The summed E-state index contributed by atoms with van der Waals surface area (Å²) in [5.74, 6) is 0.743. The number of nitrogens with one attached hydrogen (secondary N) is 1. The second-order valence-electron chi connectivity index (χ2n) is 9.72. The van der Waals surface area contributed by atoms with Crippen LogP contribution in [0.5, 0.6) is 0 Å². The summed E-state index contributed by atoms with van der Waals surface area (Å²) in [5, 5.41) is 6.41. The minimum Gasteiger partial charge on any atom is -0.464 e. The van der Waals surface area contributed by atoms with Crippen molar-refractivity contribution in [3.8, 4) is 0 Å². The Bertz CT molecular complexity index is 1160. The number of nitrogens with zero attached hydrogens (tertiary/aromatic N) is 4. The van der Waals surface area contributed by atoms with E-state index in [0.29, 0.717) is 6.61 Å². The maximum Gasteiger partial charge on any atom is 0.288 e.